The van der Waals surface area contributed by atoms with E-state index < -0.39 is 40.3 Å². The molecule has 2 aliphatic rings. The predicted molar refractivity (Wildman–Crippen MR) is 154 cm³/mol. The lowest BCUT2D eigenvalue weighted by molar-refractivity contribution is -0.141. The maximum Gasteiger partial charge on any atom is 0.269 e. The van der Waals surface area contributed by atoms with Crippen LogP contribution >= 0.6 is 11.6 Å². The zero-order valence-corrected chi connectivity index (χ0v) is 24.4. The highest BCUT2D eigenvalue weighted by molar-refractivity contribution is 7.90. The number of carbonyl (C=O) groups excluding carboxylic acids is 3. The van der Waals surface area contributed by atoms with Crippen LogP contribution in [0, 0.1) is 0 Å². The number of halogens is 1. The van der Waals surface area contributed by atoms with E-state index in [2.05, 4.69) is 5.32 Å². The number of hydrogen-bond acceptors (Lipinski definition) is 7. The molecule has 10 nitrogen and oxygen atoms in total. The molecule has 1 fully saturated rings. The minimum absolute atomic E-state index is 0.0124. The smallest absolute Gasteiger partial charge is 0.269 e. The van der Waals surface area contributed by atoms with Crippen LogP contribution in [0.4, 0.5) is 0 Å². The number of rotatable bonds is 10. The molecule has 0 unspecified atom stereocenters. The van der Waals surface area contributed by atoms with Crippen molar-refractivity contribution in [3.05, 3.63) is 94.5 Å². The summed E-state index contributed by atoms with van der Waals surface area (Å²) >= 11 is 6.46. The fraction of sp³-hybridized carbons (Fsp3) is 0.300. The normalized spacial score (nSPS) is 17.9. The number of nitrogens with zero attached hydrogens (tertiary/aromatic N) is 2. The van der Waals surface area contributed by atoms with E-state index in [1.165, 1.54) is 30.2 Å². The largest absolute Gasteiger partial charge is 0.497 e. The fourth-order valence-corrected chi connectivity index (χ4v) is 6.85. The van der Waals surface area contributed by atoms with Gasteiger partial charge in [0.1, 0.15) is 23.2 Å². The molecular formula is C30H30ClN3O7S. The van der Waals surface area contributed by atoms with Crippen LogP contribution in [0.3, 0.4) is 0 Å². The van der Waals surface area contributed by atoms with Crippen LogP contribution in [0.2, 0.25) is 5.02 Å². The van der Waals surface area contributed by atoms with Crippen molar-refractivity contribution in [3.8, 4) is 5.75 Å². The van der Waals surface area contributed by atoms with Crippen LogP contribution in [0.5, 0.6) is 5.75 Å². The van der Waals surface area contributed by atoms with Crippen molar-refractivity contribution >= 4 is 39.3 Å². The molecule has 0 radical (unpaired) electrons. The van der Waals surface area contributed by atoms with Gasteiger partial charge in [-0.3, -0.25) is 14.4 Å². The average Bonchev–Trinajstić information content (AvgIpc) is 3.58. The van der Waals surface area contributed by atoms with Gasteiger partial charge in [-0.25, -0.2) is 12.7 Å². The Bertz CT molecular complexity index is 1610. The first-order valence-corrected chi connectivity index (χ1v) is 15.2. The van der Waals surface area contributed by atoms with Crippen molar-refractivity contribution in [3.63, 3.8) is 0 Å². The molecular weight excluding hydrogens is 582 g/mol. The zero-order valence-electron chi connectivity index (χ0n) is 22.9. The highest BCUT2D eigenvalue weighted by atomic mass is 35.5. The third-order valence-corrected chi connectivity index (χ3v) is 9.46. The van der Waals surface area contributed by atoms with Crippen LogP contribution in [0.25, 0.3) is 0 Å². The Morgan fingerprint density at radius 3 is 2.60 bits per heavy atom. The summed E-state index contributed by atoms with van der Waals surface area (Å²) in [6.45, 7) is -0.0953. The Balaban J connectivity index is 1.53. The van der Waals surface area contributed by atoms with Crippen molar-refractivity contribution < 1.29 is 32.3 Å². The van der Waals surface area contributed by atoms with Gasteiger partial charge in [-0.1, -0.05) is 54.1 Å². The lowest BCUT2D eigenvalue weighted by atomic mass is 10.0. The number of benzene rings is 3. The Morgan fingerprint density at radius 2 is 1.88 bits per heavy atom. The Labute approximate surface area is 249 Å². The van der Waals surface area contributed by atoms with Gasteiger partial charge in [-0.05, 0) is 54.3 Å². The summed E-state index contributed by atoms with van der Waals surface area (Å²) in [5.41, 5.74) is 0.950. The topological polar surface area (TPSA) is 122 Å². The number of carbonyl (C=O) groups is 3. The van der Waals surface area contributed by atoms with Crippen molar-refractivity contribution in [2.24, 2.45) is 0 Å². The van der Waals surface area contributed by atoms with Gasteiger partial charge in [0.25, 0.3) is 15.9 Å². The third kappa shape index (κ3) is 5.99. The van der Waals surface area contributed by atoms with Gasteiger partial charge in [0.05, 0.1) is 18.8 Å². The van der Waals surface area contributed by atoms with Crippen molar-refractivity contribution in [1.82, 2.24) is 14.5 Å². The molecule has 42 heavy (non-hydrogen) atoms. The number of nitrogens with one attached hydrogen (secondary N) is 1. The molecule has 2 aliphatic heterocycles. The fourth-order valence-electron chi connectivity index (χ4n) is 5.14. The molecule has 1 N–H and O–H groups in total. The SMILES string of the molecule is COc1cccc([C@H](C(=O)NC[C@H]2CCCO2)N(Cc2ccccc2Cl)C(=O)CN2C(=O)c3ccccc3S2(=O)=O)c1. The number of sulfonamides is 1. The van der Waals surface area contributed by atoms with Crippen LogP contribution in [-0.4, -0.2) is 68.3 Å². The highest BCUT2D eigenvalue weighted by Gasteiger charge is 2.43. The van der Waals surface area contributed by atoms with Gasteiger partial charge in [0.2, 0.25) is 11.8 Å². The number of methoxy groups -OCH3 is 1. The van der Waals surface area contributed by atoms with E-state index >= 15 is 0 Å². The van der Waals surface area contributed by atoms with Gasteiger partial charge in [0, 0.05) is 24.7 Å². The predicted octanol–water partition coefficient (Wildman–Crippen LogP) is 3.56. The molecule has 12 heteroatoms. The van der Waals surface area contributed by atoms with Crippen LogP contribution in [0.1, 0.15) is 40.4 Å². The summed E-state index contributed by atoms with van der Waals surface area (Å²) < 4.78 is 38.1. The van der Waals surface area contributed by atoms with E-state index in [4.69, 9.17) is 21.1 Å². The standard InChI is InChI=1S/C30H30ClN3O7S/c1-40-22-10-6-9-20(16-22)28(29(36)32-17-23-11-7-15-41-23)33(18-21-8-2-4-13-25(21)31)27(35)19-34-30(37)24-12-3-5-14-26(24)42(34,38)39/h2-6,8-10,12-14,16,23,28H,7,11,15,17-19H2,1H3,(H,32,36)/t23-,28-/m1/s1. The quantitative estimate of drug-likeness (QED) is 0.372. The lowest BCUT2D eigenvalue weighted by Crippen LogP contribution is -2.48. The second-order valence-electron chi connectivity index (χ2n) is 9.99. The molecule has 2 atom stereocenters. The van der Waals surface area contributed by atoms with Gasteiger partial charge < -0.3 is 19.7 Å². The van der Waals surface area contributed by atoms with Crippen molar-refractivity contribution in [2.45, 2.75) is 36.4 Å². The van der Waals surface area contributed by atoms with Crippen LogP contribution in [0.15, 0.2) is 77.7 Å². The van der Waals surface area contributed by atoms with Crippen molar-refractivity contribution in [1.29, 1.82) is 0 Å². The number of hydrogen-bond donors (Lipinski definition) is 1. The molecule has 5 rings (SSSR count). The molecule has 0 saturated carbocycles. The molecule has 2 heterocycles. The van der Waals surface area contributed by atoms with Crippen molar-refractivity contribution in [2.75, 3.05) is 26.8 Å². The van der Waals surface area contributed by atoms with Gasteiger partial charge in [-0.2, -0.15) is 0 Å². The van der Waals surface area contributed by atoms with Crippen LogP contribution in [-0.2, 0) is 30.9 Å². The summed E-state index contributed by atoms with van der Waals surface area (Å²) in [5, 5.41) is 3.26. The maximum absolute atomic E-state index is 14.1. The van der Waals surface area contributed by atoms with E-state index in [0.717, 1.165) is 12.8 Å². The van der Waals surface area contributed by atoms with E-state index in [9.17, 15) is 22.8 Å². The minimum Gasteiger partial charge on any atom is -0.497 e. The van der Waals surface area contributed by atoms with Gasteiger partial charge >= 0.3 is 0 Å². The minimum atomic E-state index is -4.27. The second-order valence-corrected chi connectivity index (χ2v) is 12.2. The summed E-state index contributed by atoms with van der Waals surface area (Å²) in [7, 11) is -2.79. The Kier molecular flexibility index (Phi) is 8.81. The highest BCUT2D eigenvalue weighted by Crippen LogP contribution is 2.32. The first kappa shape index (κ1) is 29.6. The van der Waals surface area contributed by atoms with E-state index in [1.807, 2.05) is 0 Å². The zero-order chi connectivity index (χ0) is 29.9. The summed E-state index contributed by atoms with van der Waals surface area (Å²) in [5.74, 6) is -1.61. The van der Waals surface area contributed by atoms with Gasteiger partial charge in [0.15, 0.2) is 0 Å². The van der Waals surface area contributed by atoms with E-state index in [0.29, 0.717) is 32.8 Å². The first-order valence-electron chi connectivity index (χ1n) is 13.4. The Morgan fingerprint density at radius 1 is 1.12 bits per heavy atom. The number of fused-ring (bicyclic) bond motifs is 1. The van der Waals surface area contributed by atoms with E-state index in [1.54, 1.807) is 54.6 Å². The molecule has 0 aromatic heterocycles. The summed E-state index contributed by atoms with van der Waals surface area (Å²) in [6, 6.07) is 18.1. The number of amides is 3. The molecule has 3 aromatic carbocycles. The molecule has 0 aliphatic carbocycles. The van der Waals surface area contributed by atoms with Gasteiger partial charge in [-0.15, -0.1) is 0 Å². The second kappa shape index (κ2) is 12.5. The molecule has 3 amide bonds. The first-order chi connectivity index (χ1) is 20.2. The van der Waals surface area contributed by atoms with Crippen LogP contribution < -0.4 is 10.1 Å². The molecule has 0 spiro atoms. The third-order valence-electron chi connectivity index (χ3n) is 7.31. The summed E-state index contributed by atoms with van der Waals surface area (Å²) in [4.78, 5) is 42.2. The molecule has 0 bridgehead atoms. The maximum atomic E-state index is 14.1. The summed E-state index contributed by atoms with van der Waals surface area (Å²) in [6.07, 6.45) is 1.53. The molecule has 220 valence electrons. The number of ether oxygens (including phenoxy) is 2. The lowest BCUT2D eigenvalue weighted by Gasteiger charge is -2.33. The molecule has 1 saturated heterocycles. The molecule has 3 aromatic rings. The van der Waals surface area contributed by atoms with E-state index in [-0.39, 0.29) is 29.7 Å². The average molecular weight is 612 g/mol. The monoisotopic (exact) mass is 611 g/mol. The Hall–Kier alpha value is -3.93.